The van der Waals surface area contributed by atoms with Gasteiger partial charge >= 0.3 is 0 Å². The summed E-state index contributed by atoms with van der Waals surface area (Å²) in [6.07, 6.45) is 0.294. The van der Waals surface area contributed by atoms with Gasteiger partial charge in [0.05, 0.1) is 39.6 Å². The second kappa shape index (κ2) is 7.39. The highest BCUT2D eigenvalue weighted by Gasteiger charge is 2.46. The molecule has 8 nitrogen and oxygen atoms in total. The zero-order chi connectivity index (χ0) is 22.6. The first-order valence-electron chi connectivity index (χ1n) is 9.95. The molecular formula is C23H28O8. The van der Waals surface area contributed by atoms with E-state index in [1.165, 1.54) is 14.2 Å². The summed E-state index contributed by atoms with van der Waals surface area (Å²) in [5.74, 6) is 2.78. The number of benzene rings is 2. The van der Waals surface area contributed by atoms with Gasteiger partial charge in [-0.2, -0.15) is 0 Å². The van der Waals surface area contributed by atoms with Crippen molar-refractivity contribution in [2.24, 2.45) is 0 Å². The van der Waals surface area contributed by atoms with Gasteiger partial charge in [0.15, 0.2) is 23.0 Å². The van der Waals surface area contributed by atoms with E-state index in [4.69, 9.17) is 28.4 Å². The van der Waals surface area contributed by atoms with Crippen LogP contribution in [-0.2, 0) is 12.8 Å². The maximum Gasteiger partial charge on any atom is 0.231 e. The Hall–Kier alpha value is -2.84. The number of ether oxygens (including phenoxy) is 6. The van der Waals surface area contributed by atoms with E-state index in [2.05, 4.69) is 0 Å². The third-order valence-electron chi connectivity index (χ3n) is 6.30. The van der Waals surface area contributed by atoms with Crippen molar-refractivity contribution in [1.82, 2.24) is 0 Å². The van der Waals surface area contributed by atoms with Crippen molar-refractivity contribution < 1.29 is 38.6 Å². The number of rotatable bonds is 4. The van der Waals surface area contributed by atoms with Crippen molar-refractivity contribution >= 4 is 0 Å². The van der Waals surface area contributed by atoms with Crippen LogP contribution in [0.2, 0.25) is 0 Å². The van der Waals surface area contributed by atoms with Crippen LogP contribution in [0.4, 0.5) is 0 Å². The highest BCUT2D eigenvalue weighted by atomic mass is 16.7. The van der Waals surface area contributed by atoms with Gasteiger partial charge in [0.2, 0.25) is 18.3 Å². The Kier molecular flexibility index (Phi) is 5.10. The van der Waals surface area contributed by atoms with E-state index in [9.17, 15) is 10.2 Å². The monoisotopic (exact) mass is 432 g/mol. The summed E-state index contributed by atoms with van der Waals surface area (Å²) in [5, 5.41) is 22.6. The Morgan fingerprint density at radius 1 is 0.742 bits per heavy atom. The van der Waals surface area contributed by atoms with Crippen molar-refractivity contribution in [3.05, 3.63) is 23.3 Å². The number of methoxy groups -OCH3 is 4. The Balaban J connectivity index is 2.17. The van der Waals surface area contributed by atoms with E-state index in [0.29, 0.717) is 51.2 Å². The van der Waals surface area contributed by atoms with Crippen LogP contribution in [-0.4, -0.2) is 56.6 Å². The molecule has 2 aliphatic rings. The third-order valence-corrected chi connectivity index (χ3v) is 6.30. The molecule has 2 aromatic carbocycles. The molecule has 8 heteroatoms. The van der Waals surface area contributed by atoms with E-state index in [0.717, 1.165) is 5.56 Å². The highest BCUT2D eigenvalue weighted by molar-refractivity contribution is 5.88. The quantitative estimate of drug-likeness (QED) is 0.762. The second-order valence-corrected chi connectivity index (χ2v) is 8.26. The molecule has 2 aromatic rings. The minimum atomic E-state index is -1.45. The molecular weight excluding hydrogens is 404 g/mol. The maximum atomic E-state index is 11.3. The third kappa shape index (κ3) is 3.13. The molecule has 31 heavy (non-hydrogen) atoms. The van der Waals surface area contributed by atoms with E-state index in [1.807, 2.05) is 6.07 Å². The van der Waals surface area contributed by atoms with Crippen molar-refractivity contribution in [1.29, 1.82) is 0 Å². The summed E-state index contributed by atoms with van der Waals surface area (Å²) in [5.41, 5.74) is -0.0983. The van der Waals surface area contributed by atoms with Crippen molar-refractivity contribution in [3.8, 4) is 45.6 Å². The minimum Gasteiger partial charge on any atom is -0.493 e. The summed E-state index contributed by atoms with van der Waals surface area (Å²) in [6, 6.07) is 3.61. The Labute approximate surface area is 181 Å². The van der Waals surface area contributed by atoms with Gasteiger partial charge in [-0.15, -0.1) is 0 Å². The van der Waals surface area contributed by atoms with Crippen LogP contribution in [0.1, 0.15) is 25.0 Å². The van der Waals surface area contributed by atoms with Gasteiger partial charge in [0.1, 0.15) is 0 Å². The van der Waals surface area contributed by atoms with Crippen LogP contribution >= 0.6 is 0 Å². The fourth-order valence-electron chi connectivity index (χ4n) is 4.41. The number of hydrogen-bond donors (Lipinski definition) is 2. The average molecular weight is 432 g/mol. The van der Waals surface area contributed by atoms with Gasteiger partial charge in [0.25, 0.3) is 0 Å². The Bertz CT molecular complexity index is 1030. The van der Waals surface area contributed by atoms with Gasteiger partial charge in [-0.1, -0.05) is 0 Å². The van der Waals surface area contributed by atoms with Gasteiger partial charge in [-0.25, -0.2) is 0 Å². The molecule has 2 atom stereocenters. The topological polar surface area (TPSA) is 95.8 Å². The number of fused-ring (bicyclic) bond motifs is 4. The summed E-state index contributed by atoms with van der Waals surface area (Å²) in [7, 11) is 6.17. The lowest BCUT2D eigenvalue weighted by atomic mass is 9.72. The lowest BCUT2D eigenvalue weighted by molar-refractivity contribution is -0.129. The van der Waals surface area contributed by atoms with E-state index in [-0.39, 0.29) is 19.6 Å². The van der Waals surface area contributed by atoms with Crippen molar-refractivity contribution in [3.63, 3.8) is 0 Å². The predicted octanol–water partition coefficient (Wildman–Crippen LogP) is 2.72. The Morgan fingerprint density at radius 2 is 1.29 bits per heavy atom. The van der Waals surface area contributed by atoms with Crippen molar-refractivity contribution in [2.45, 2.75) is 37.9 Å². The lowest BCUT2D eigenvalue weighted by Crippen LogP contribution is -2.53. The zero-order valence-electron chi connectivity index (χ0n) is 18.6. The van der Waals surface area contributed by atoms with Crippen LogP contribution in [0.25, 0.3) is 11.1 Å². The van der Waals surface area contributed by atoms with Crippen LogP contribution in [0, 0.1) is 0 Å². The summed E-state index contributed by atoms with van der Waals surface area (Å²) in [4.78, 5) is 0. The molecule has 0 fully saturated rings. The molecule has 1 aliphatic heterocycles. The largest absolute Gasteiger partial charge is 0.493 e. The predicted molar refractivity (Wildman–Crippen MR) is 113 cm³/mol. The number of hydrogen-bond acceptors (Lipinski definition) is 8. The van der Waals surface area contributed by atoms with Gasteiger partial charge in [-0.05, 0) is 37.1 Å². The molecule has 4 rings (SSSR count). The van der Waals surface area contributed by atoms with Gasteiger partial charge in [-0.3, -0.25) is 0 Å². The first kappa shape index (κ1) is 21.4. The standard InChI is InChI=1S/C23H28O8/c1-22(24)9-12-7-14(26-3)18(27-4)20(28-5)16(12)17-13(10-23(22,2)25)8-15-19(21(17)29-6)31-11-30-15/h7-8,24-25H,9-11H2,1-6H3/t22-,23+/m0/s1. The molecule has 1 heterocycles. The summed E-state index contributed by atoms with van der Waals surface area (Å²) in [6.45, 7) is 3.31. The molecule has 2 N–H and O–H groups in total. The van der Waals surface area contributed by atoms with Gasteiger partial charge in [0, 0.05) is 24.0 Å². The molecule has 168 valence electrons. The summed E-state index contributed by atoms with van der Waals surface area (Å²) >= 11 is 0. The molecule has 0 radical (unpaired) electrons. The zero-order valence-corrected chi connectivity index (χ0v) is 18.6. The normalized spacial score (nSPS) is 23.9. The smallest absolute Gasteiger partial charge is 0.231 e. The first-order valence-corrected chi connectivity index (χ1v) is 9.95. The van der Waals surface area contributed by atoms with E-state index < -0.39 is 11.2 Å². The Morgan fingerprint density at radius 3 is 1.84 bits per heavy atom. The van der Waals surface area contributed by atoms with E-state index >= 15 is 0 Å². The highest BCUT2D eigenvalue weighted by Crippen LogP contribution is 2.57. The lowest BCUT2D eigenvalue weighted by Gasteiger charge is -2.41. The van der Waals surface area contributed by atoms with E-state index in [1.54, 1.807) is 34.1 Å². The fraction of sp³-hybridized carbons (Fsp3) is 0.478. The molecule has 0 saturated heterocycles. The molecule has 0 bridgehead atoms. The maximum absolute atomic E-state index is 11.3. The second-order valence-electron chi connectivity index (χ2n) is 8.26. The van der Waals surface area contributed by atoms with Crippen LogP contribution in [0.15, 0.2) is 12.1 Å². The van der Waals surface area contributed by atoms with Crippen LogP contribution in [0.3, 0.4) is 0 Å². The molecule has 0 spiro atoms. The first-order chi connectivity index (χ1) is 14.7. The molecule has 1 aliphatic carbocycles. The molecule has 0 amide bonds. The van der Waals surface area contributed by atoms with Crippen LogP contribution < -0.4 is 28.4 Å². The molecule has 0 saturated carbocycles. The average Bonchev–Trinajstić information content (AvgIpc) is 3.18. The minimum absolute atomic E-state index is 0.0681. The van der Waals surface area contributed by atoms with Crippen molar-refractivity contribution in [2.75, 3.05) is 35.2 Å². The SMILES string of the molecule is COc1cc2c(c(OC)c1OC)-c1c(cc3c(c1OC)OCO3)C[C@@](C)(O)[C@@](C)(O)C2. The number of aliphatic hydroxyl groups is 2. The fourth-order valence-corrected chi connectivity index (χ4v) is 4.41. The molecule has 0 aromatic heterocycles. The van der Waals surface area contributed by atoms with Gasteiger partial charge < -0.3 is 38.6 Å². The summed E-state index contributed by atoms with van der Waals surface area (Å²) < 4.78 is 34.0. The molecule has 0 unspecified atom stereocenters. The van der Waals surface area contributed by atoms with Crippen LogP contribution in [0.5, 0.6) is 34.5 Å².